The molecular formula is C19H22FN3O5. The van der Waals surface area contributed by atoms with Crippen LogP contribution in [0.15, 0.2) is 24.3 Å². The van der Waals surface area contributed by atoms with Crippen LogP contribution in [0.2, 0.25) is 0 Å². The second-order valence-corrected chi connectivity index (χ2v) is 6.96. The third-order valence-corrected chi connectivity index (χ3v) is 5.03. The van der Waals surface area contributed by atoms with E-state index in [1.165, 1.54) is 6.07 Å². The van der Waals surface area contributed by atoms with Crippen molar-refractivity contribution in [3.63, 3.8) is 0 Å². The number of nitrogens with one attached hydrogen (secondary N) is 2. The van der Waals surface area contributed by atoms with Crippen LogP contribution < -0.4 is 10.6 Å². The van der Waals surface area contributed by atoms with Crippen molar-refractivity contribution in [1.29, 1.82) is 0 Å². The zero-order valence-electron chi connectivity index (χ0n) is 15.3. The Balaban J connectivity index is 1.39. The van der Waals surface area contributed by atoms with Gasteiger partial charge in [-0.1, -0.05) is 31.0 Å². The molecule has 1 spiro atoms. The lowest BCUT2D eigenvalue weighted by Crippen LogP contribution is -2.44. The van der Waals surface area contributed by atoms with E-state index in [4.69, 9.17) is 4.74 Å². The molecule has 1 saturated carbocycles. The first-order valence-electron chi connectivity index (χ1n) is 9.21. The lowest BCUT2D eigenvalue weighted by Gasteiger charge is -2.19. The van der Waals surface area contributed by atoms with Crippen molar-refractivity contribution in [2.75, 3.05) is 19.7 Å². The number of benzene rings is 1. The smallest absolute Gasteiger partial charge is 0.326 e. The van der Waals surface area contributed by atoms with Crippen molar-refractivity contribution in [3.05, 3.63) is 35.6 Å². The quantitative estimate of drug-likeness (QED) is 0.531. The standard InChI is InChI=1S/C19H22FN3O5/c20-14-6-2-1-5-13(14)7-10-21-15(24)12-28-16(25)11-23-17(26)19(22-18(23)27)8-3-4-9-19/h1-2,5-6H,3-4,7-12H2,(H,21,24)(H,22,27). The Morgan fingerprint density at radius 2 is 1.93 bits per heavy atom. The lowest BCUT2D eigenvalue weighted by molar-refractivity contribution is -0.151. The van der Waals surface area contributed by atoms with Crippen molar-refractivity contribution in [1.82, 2.24) is 15.5 Å². The molecule has 3 rings (SSSR count). The van der Waals surface area contributed by atoms with E-state index >= 15 is 0 Å². The minimum absolute atomic E-state index is 0.187. The molecule has 2 fully saturated rings. The van der Waals surface area contributed by atoms with Crippen LogP contribution in [-0.2, 0) is 25.5 Å². The number of ether oxygens (including phenoxy) is 1. The first kappa shape index (κ1) is 19.8. The first-order chi connectivity index (χ1) is 13.4. The van der Waals surface area contributed by atoms with Gasteiger partial charge in [0, 0.05) is 6.54 Å². The molecule has 0 atom stereocenters. The first-order valence-corrected chi connectivity index (χ1v) is 9.21. The van der Waals surface area contributed by atoms with Crippen molar-refractivity contribution in [2.24, 2.45) is 0 Å². The maximum atomic E-state index is 13.5. The molecule has 2 aliphatic rings. The summed E-state index contributed by atoms with van der Waals surface area (Å²) in [6.45, 7) is -0.882. The van der Waals surface area contributed by atoms with Gasteiger partial charge in [-0.2, -0.15) is 0 Å². The molecule has 1 aromatic carbocycles. The maximum Gasteiger partial charge on any atom is 0.326 e. The van der Waals surface area contributed by atoms with Gasteiger partial charge >= 0.3 is 12.0 Å². The van der Waals surface area contributed by atoms with E-state index in [9.17, 15) is 23.6 Å². The monoisotopic (exact) mass is 391 g/mol. The summed E-state index contributed by atoms with van der Waals surface area (Å²) < 4.78 is 18.3. The highest BCUT2D eigenvalue weighted by Gasteiger charge is 2.52. The largest absolute Gasteiger partial charge is 0.454 e. The highest BCUT2D eigenvalue weighted by atomic mass is 19.1. The van der Waals surface area contributed by atoms with Gasteiger partial charge in [0.1, 0.15) is 17.9 Å². The molecule has 28 heavy (non-hydrogen) atoms. The van der Waals surface area contributed by atoms with Gasteiger partial charge < -0.3 is 15.4 Å². The fourth-order valence-corrected chi connectivity index (χ4v) is 3.55. The van der Waals surface area contributed by atoms with Gasteiger partial charge in [0.2, 0.25) is 0 Å². The van der Waals surface area contributed by atoms with Crippen molar-refractivity contribution < 1.29 is 28.3 Å². The van der Waals surface area contributed by atoms with E-state index in [1.807, 2.05) is 0 Å². The van der Waals surface area contributed by atoms with Crippen LogP contribution in [0.25, 0.3) is 0 Å². The fourth-order valence-electron chi connectivity index (χ4n) is 3.55. The van der Waals surface area contributed by atoms with Gasteiger partial charge in [0.05, 0.1) is 0 Å². The zero-order valence-corrected chi connectivity index (χ0v) is 15.3. The van der Waals surface area contributed by atoms with Gasteiger partial charge in [-0.25, -0.2) is 9.18 Å². The highest BCUT2D eigenvalue weighted by Crippen LogP contribution is 2.34. The van der Waals surface area contributed by atoms with E-state index in [-0.39, 0.29) is 12.4 Å². The second kappa shape index (κ2) is 8.37. The molecule has 1 aliphatic carbocycles. The number of imide groups is 1. The fraction of sp³-hybridized carbons (Fsp3) is 0.474. The molecule has 1 heterocycles. The topological polar surface area (TPSA) is 105 Å². The molecule has 150 valence electrons. The molecule has 0 aromatic heterocycles. The number of rotatable bonds is 7. The summed E-state index contributed by atoms with van der Waals surface area (Å²) >= 11 is 0. The summed E-state index contributed by atoms with van der Waals surface area (Å²) in [5.41, 5.74) is -0.416. The number of carbonyl (C=O) groups is 4. The average Bonchev–Trinajstić information content (AvgIpc) is 3.22. The Hall–Kier alpha value is -2.97. The van der Waals surface area contributed by atoms with Gasteiger partial charge in [0.15, 0.2) is 6.61 Å². The van der Waals surface area contributed by atoms with Crippen LogP contribution >= 0.6 is 0 Å². The summed E-state index contributed by atoms with van der Waals surface area (Å²) in [6.07, 6.45) is 3.12. The van der Waals surface area contributed by atoms with Crippen molar-refractivity contribution >= 4 is 23.8 Å². The molecule has 9 heteroatoms. The summed E-state index contributed by atoms with van der Waals surface area (Å²) in [6, 6.07) is 5.63. The molecule has 0 unspecified atom stereocenters. The van der Waals surface area contributed by atoms with Gasteiger partial charge in [-0.3, -0.25) is 19.3 Å². The number of urea groups is 1. The Bertz CT molecular complexity index is 792. The Labute approximate surface area is 161 Å². The third kappa shape index (κ3) is 4.29. The number of nitrogens with zero attached hydrogens (tertiary/aromatic N) is 1. The number of halogens is 1. The van der Waals surface area contributed by atoms with Crippen LogP contribution in [0.5, 0.6) is 0 Å². The summed E-state index contributed by atoms with van der Waals surface area (Å²) in [5, 5.41) is 5.19. The molecule has 1 aliphatic heterocycles. The molecule has 4 amide bonds. The lowest BCUT2D eigenvalue weighted by atomic mass is 9.98. The predicted molar refractivity (Wildman–Crippen MR) is 95.5 cm³/mol. The van der Waals surface area contributed by atoms with E-state index in [0.29, 0.717) is 24.8 Å². The Morgan fingerprint density at radius 1 is 1.21 bits per heavy atom. The highest BCUT2D eigenvalue weighted by molar-refractivity contribution is 6.08. The predicted octanol–water partition coefficient (Wildman–Crippen LogP) is 0.892. The molecule has 1 aromatic rings. The van der Waals surface area contributed by atoms with Crippen LogP contribution in [0.3, 0.4) is 0 Å². The normalized spacial score (nSPS) is 17.7. The number of hydrogen-bond acceptors (Lipinski definition) is 5. The molecule has 1 saturated heterocycles. The van der Waals surface area contributed by atoms with E-state index in [2.05, 4.69) is 10.6 Å². The SMILES string of the molecule is O=C(COC(=O)CN1C(=O)NC2(CCCC2)C1=O)NCCc1ccccc1F. The van der Waals surface area contributed by atoms with Crippen LogP contribution in [0, 0.1) is 5.82 Å². The minimum atomic E-state index is -0.887. The van der Waals surface area contributed by atoms with Crippen LogP contribution in [-0.4, -0.2) is 54.0 Å². The van der Waals surface area contributed by atoms with Crippen molar-refractivity contribution in [2.45, 2.75) is 37.6 Å². The number of amides is 4. The molecule has 0 bridgehead atoms. The van der Waals surface area contributed by atoms with Crippen LogP contribution in [0.1, 0.15) is 31.2 Å². The van der Waals surface area contributed by atoms with Gasteiger partial charge in [-0.05, 0) is 30.9 Å². The minimum Gasteiger partial charge on any atom is -0.454 e. The van der Waals surface area contributed by atoms with Crippen molar-refractivity contribution in [3.8, 4) is 0 Å². The Morgan fingerprint density at radius 3 is 2.64 bits per heavy atom. The summed E-state index contributed by atoms with van der Waals surface area (Å²) in [4.78, 5) is 48.9. The number of esters is 1. The Kier molecular flexibility index (Phi) is 5.91. The number of hydrogen-bond donors (Lipinski definition) is 2. The zero-order chi connectivity index (χ0) is 20.1. The van der Waals surface area contributed by atoms with Crippen LogP contribution in [0.4, 0.5) is 9.18 Å². The van der Waals surface area contributed by atoms with E-state index in [1.54, 1.807) is 18.2 Å². The number of carbonyl (C=O) groups excluding carboxylic acids is 4. The maximum absolute atomic E-state index is 13.5. The average molecular weight is 391 g/mol. The van der Waals surface area contributed by atoms with E-state index in [0.717, 1.165) is 17.7 Å². The van der Waals surface area contributed by atoms with Gasteiger partial charge in [0.25, 0.3) is 11.8 Å². The molecule has 2 N–H and O–H groups in total. The molecular weight excluding hydrogens is 369 g/mol. The molecule has 0 radical (unpaired) electrons. The summed E-state index contributed by atoms with van der Waals surface area (Å²) in [7, 11) is 0. The van der Waals surface area contributed by atoms with Gasteiger partial charge in [-0.15, -0.1) is 0 Å². The van der Waals surface area contributed by atoms with E-state index < -0.39 is 42.5 Å². The third-order valence-electron chi connectivity index (χ3n) is 5.03. The molecule has 8 nitrogen and oxygen atoms in total. The summed E-state index contributed by atoms with van der Waals surface area (Å²) in [5.74, 6) is -2.16. The second-order valence-electron chi connectivity index (χ2n) is 6.96.